The molecule has 2 bridgehead atoms. The lowest BCUT2D eigenvalue weighted by molar-refractivity contribution is -0.157. The monoisotopic (exact) mass is 560 g/mol. The Kier molecular flexibility index (Phi) is 8.15. The van der Waals surface area contributed by atoms with E-state index in [0.717, 1.165) is 25.9 Å². The second-order valence-corrected chi connectivity index (χ2v) is 11.4. The largest absolute Gasteiger partial charge is 0.519 e. The molecule has 2 atom stereocenters. The molecule has 0 saturated carbocycles. The van der Waals surface area contributed by atoms with E-state index in [0.29, 0.717) is 17.9 Å². The van der Waals surface area contributed by atoms with Crippen molar-refractivity contribution in [3.8, 4) is 0 Å². The molecule has 1 aromatic rings. The van der Waals surface area contributed by atoms with Gasteiger partial charge in [-0.15, -0.1) is 4.28 Å². The van der Waals surface area contributed by atoms with Gasteiger partial charge in [0.15, 0.2) is 18.1 Å². The molecule has 0 spiro atoms. The van der Waals surface area contributed by atoms with Crippen LogP contribution in [-0.4, -0.2) is 80.7 Å². The number of carbonyl (C=O) groups is 3. The summed E-state index contributed by atoms with van der Waals surface area (Å²) in [4.78, 5) is 50.6. The van der Waals surface area contributed by atoms with Gasteiger partial charge >= 0.3 is 28.2 Å². The van der Waals surface area contributed by atoms with E-state index in [4.69, 9.17) is 17.6 Å². The molecule has 212 valence electrons. The van der Waals surface area contributed by atoms with Crippen LogP contribution in [0.2, 0.25) is 0 Å². The van der Waals surface area contributed by atoms with Crippen LogP contribution in [0.4, 0.5) is 4.79 Å². The lowest BCUT2D eigenvalue weighted by Crippen LogP contribution is -2.53. The lowest BCUT2D eigenvalue weighted by atomic mass is 9.95. The highest BCUT2D eigenvalue weighted by atomic mass is 32.3. The number of hydrogen-bond acceptors (Lipinski definition) is 12. The Morgan fingerprint density at radius 2 is 1.84 bits per heavy atom. The predicted molar refractivity (Wildman–Crippen MR) is 126 cm³/mol. The van der Waals surface area contributed by atoms with Crippen molar-refractivity contribution in [2.24, 2.45) is 5.41 Å². The average molecular weight is 561 g/mol. The number of fused-ring (bicyclic) bond motifs is 2. The third-order valence-corrected chi connectivity index (χ3v) is 7.52. The number of hydroxylamine groups is 2. The van der Waals surface area contributed by atoms with Gasteiger partial charge in [-0.05, 0) is 59.5 Å². The minimum absolute atomic E-state index is 0.0208. The molecular formula is C22H32N4O11S. The van der Waals surface area contributed by atoms with Gasteiger partial charge in [-0.1, -0.05) is 0 Å². The first-order valence-corrected chi connectivity index (χ1v) is 13.7. The van der Waals surface area contributed by atoms with Crippen LogP contribution >= 0.6 is 0 Å². The molecule has 38 heavy (non-hydrogen) atoms. The summed E-state index contributed by atoms with van der Waals surface area (Å²) in [7, 11) is -4.75. The Labute approximate surface area is 219 Å². The predicted octanol–water partition coefficient (Wildman–Crippen LogP) is -0.0596. The lowest BCUT2D eigenvalue weighted by Gasteiger charge is -2.32. The molecule has 15 nitrogen and oxygen atoms in total. The van der Waals surface area contributed by atoms with E-state index in [9.17, 15) is 27.6 Å². The number of piperidine rings is 2. The van der Waals surface area contributed by atoms with Crippen LogP contribution in [0.15, 0.2) is 13.6 Å². The minimum atomic E-state index is -4.75. The number of esters is 1. The number of amides is 3. The van der Waals surface area contributed by atoms with Gasteiger partial charge in [0, 0.05) is 12.6 Å². The molecule has 3 aliphatic heterocycles. The molecular weight excluding hydrogens is 528 g/mol. The maximum absolute atomic E-state index is 12.9. The topological polar surface area (TPSA) is 187 Å². The van der Waals surface area contributed by atoms with Crippen LogP contribution in [0.1, 0.15) is 51.1 Å². The zero-order chi connectivity index (χ0) is 27.7. The number of urea groups is 1. The Bertz CT molecular complexity index is 1220. The standard InChI is InChI=1S/C22H32N4O11S/c1-13-17(36-21(30)35-13)11-33-19(28)22(2,3)12-34-38(31,32)37-26-15-4-5-16(25(10-15)20(26)29)18(27)24-14-6-8-23-9-7-14/h14-16,23H,4-12H2,1-3H3,(H,24,27)/t15?,16-/m0/s1. The van der Waals surface area contributed by atoms with E-state index in [-0.39, 0.29) is 30.0 Å². The maximum Gasteiger partial charge on any atom is 0.519 e. The molecule has 0 aromatic carbocycles. The molecule has 0 radical (unpaired) electrons. The van der Waals surface area contributed by atoms with Gasteiger partial charge in [-0.3, -0.25) is 9.59 Å². The summed E-state index contributed by atoms with van der Waals surface area (Å²) in [6, 6.07) is -2.02. The van der Waals surface area contributed by atoms with E-state index in [1.54, 1.807) is 0 Å². The quantitative estimate of drug-likeness (QED) is 0.364. The molecule has 3 amide bonds. The highest BCUT2D eigenvalue weighted by molar-refractivity contribution is 7.81. The second-order valence-electron chi connectivity index (χ2n) is 10.2. The first-order valence-electron chi connectivity index (χ1n) is 12.3. The summed E-state index contributed by atoms with van der Waals surface area (Å²) in [5.41, 5.74) is -1.44. The molecule has 1 aromatic heterocycles. The number of ether oxygens (including phenoxy) is 1. The fraction of sp³-hybridized carbons (Fsp3) is 0.727. The van der Waals surface area contributed by atoms with Crippen LogP contribution in [0.25, 0.3) is 0 Å². The van der Waals surface area contributed by atoms with Crippen LogP contribution in [-0.2, 0) is 39.8 Å². The number of aryl methyl sites for hydroxylation is 1. The van der Waals surface area contributed by atoms with Crippen LogP contribution in [0.5, 0.6) is 0 Å². The second kappa shape index (κ2) is 11.0. The number of nitrogens with one attached hydrogen (secondary N) is 2. The first-order chi connectivity index (χ1) is 17.9. The molecule has 4 heterocycles. The van der Waals surface area contributed by atoms with Gasteiger partial charge in [-0.25, -0.2) is 13.8 Å². The Morgan fingerprint density at radius 1 is 1.13 bits per heavy atom. The minimum Gasteiger partial charge on any atom is -0.457 e. The highest BCUT2D eigenvalue weighted by Crippen LogP contribution is 2.31. The third kappa shape index (κ3) is 6.36. The summed E-state index contributed by atoms with van der Waals surface area (Å²) in [6.07, 6.45) is 2.32. The molecule has 4 rings (SSSR count). The zero-order valence-corrected chi connectivity index (χ0v) is 22.2. The molecule has 3 saturated heterocycles. The van der Waals surface area contributed by atoms with Crippen LogP contribution in [0, 0.1) is 12.3 Å². The molecule has 1 unspecified atom stereocenters. The van der Waals surface area contributed by atoms with Gasteiger partial charge in [0.1, 0.15) is 6.04 Å². The van der Waals surface area contributed by atoms with Crippen LogP contribution < -0.4 is 16.5 Å². The van der Waals surface area contributed by atoms with Crippen molar-refractivity contribution < 1.29 is 44.8 Å². The van der Waals surface area contributed by atoms with Crippen molar-refractivity contribution in [3.05, 3.63) is 22.1 Å². The van der Waals surface area contributed by atoms with Gasteiger partial charge < -0.3 is 29.1 Å². The van der Waals surface area contributed by atoms with Gasteiger partial charge in [0.2, 0.25) is 5.91 Å². The fourth-order valence-electron chi connectivity index (χ4n) is 4.50. The Morgan fingerprint density at radius 3 is 2.50 bits per heavy atom. The smallest absolute Gasteiger partial charge is 0.457 e. The van der Waals surface area contributed by atoms with Gasteiger partial charge in [0.05, 0.1) is 18.1 Å². The SMILES string of the molecule is Cc1oc(=O)oc1COC(=O)C(C)(C)COS(=O)(=O)ON1C(=O)N2CC1CC[C@H]2C(=O)NC1CCNCC1. The fourth-order valence-corrected chi connectivity index (χ4v) is 5.36. The summed E-state index contributed by atoms with van der Waals surface area (Å²) >= 11 is 0. The number of hydrogen-bond donors (Lipinski definition) is 2. The molecule has 0 aliphatic carbocycles. The summed E-state index contributed by atoms with van der Waals surface area (Å²) < 4.78 is 49.5. The van der Waals surface area contributed by atoms with E-state index in [2.05, 4.69) is 15.1 Å². The first kappa shape index (κ1) is 28.1. The Balaban J connectivity index is 1.29. The van der Waals surface area contributed by atoms with E-state index in [1.165, 1.54) is 25.7 Å². The van der Waals surface area contributed by atoms with Gasteiger partial charge in [0.25, 0.3) is 0 Å². The van der Waals surface area contributed by atoms with E-state index in [1.807, 2.05) is 0 Å². The Hall–Kier alpha value is -2.95. The molecule has 3 fully saturated rings. The number of nitrogens with zero attached hydrogens (tertiary/aromatic N) is 2. The summed E-state index contributed by atoms with van der Waals surface area (Å²) in [5.74, 6) is -1.87. The van der Waals surface area contributed by atoms with Crippen molar-refractivity contribution in [3.63, 3.8) is 0 Å². The maximum atomic E-state index is 12.9. The third-order valence-electron chi connectivity index (χ3n) is 6.77. The average Bonchev–Trinajstić information content (AvgIpc) is 3.31. The van der Waals surface area contributed by atoms with Crippen molar-refractivity contribution >= 4 is 28.3 Å². The van der Waals surface area contributed by atoms with E-state index < -0.39 is 58.9 Å². The normalized spacial score (nSPS) is 22.6. The van der Waals surface area contributed by atoms with Crippen molar-refractivity contribution in [2.45, 2.75) is 71.2 Å². The summed E-state index contributed by atoms with van der Waals surface area (Å²) in [5, 5.41) is 6.91. The highest BCUT2D eigenvalue weighted by Gasteiger charge is 2.50. The number of carbonyl (C=O) groups excluding carboxylic acids is 3. The zero-order valence-electron chi connectivity index (χ0n) is 21.4. The molecule has 16 heteroatoms. The van der Waals surface area contributed by atoms with Crippen molar-refractivity contribution in [1.29, 1.82) is 0 Å². The van der Waals surface area contributed by atoms with Crippen LogP contribution in [0.3, 0.4) is 0 Å². The molecule has 2 N–H and O–H groups in total. The van der Waals surface area contributed by atoms with E-state index >= 15 is 0 Å². The molecule has 3 aliphatic rings. The summed E-state index contributed by atoms with van der Waals surface area (Å²) in [6.45, 7) is 4.92. The van der Waals surface area contributed by atoms with Crippen molar-refractivity contribution in [2.75, 3.05) is 26.2 Å². The van der Waals surface area contributed by atoms with Crippen molar-refractivity contribution in [1.82, 2.24) is 20.6 Å². The number of rotatable bonds is 10. The van der Waals surface area contributed by atoms with Gasteiger partial charge in [-0.2, -0.15) is 13.5 Å².